The molecule has 0 spiro atoms. The van der Waals surface area contributed by atoms with Gasteiger partial charge in [-0.1, -0.05) is 0 Å². The number of aliphatic hydroxyl groups is 6. The average molecular weight is 530 g/mol. The van der Waals surface area contributed by atoms with Gasteiger partial charge < -0.3 is 64.2 Å². The van der Waals surface area contributed by atoms with Crippen molar-refractivity contribution in [3.63, 3.8) is 0 Å². The Bertz CT molecular complexity index is 1000. The van der Waals surface area contributed by atoms with E-state index in [2.05, 4.69) is 0 Å². The van der Waals surface area contributed by atoms with Gasteiger partial charge in [0.05, 0.1) is 31.8 Å². The lowest BCUT2D eigenvalue weighted by molar-refractivity contribution is -0.370. The fraction of sp³-hybridized carbons (Fsp3) is 0.696. The average Bonchev–Trinajstić information content (AvgIpc) is 3.00. The quantitative estimate of drug-likeness (QED) is 0.185. The number of aliphatic hydroxyl groups excluding tert-OH is 5. The molecule has 5 aliphatic rings. The number of phenolic OH excluding ortho intramolecular Hbond substituents is 1. The summed E-state index contributed by atoms with van der Waals surface area (Å²) < 4.78 is 33.2. The Kier molecular flexibility index (Phi) is 7.08. The summed E-state index contributed by atoms with van der Waals surface area (Å²) in [6.07, 6.45) is -12.7. The molecular formula is C23H30O14. The summed E-state index contributed by atoms with van der Waals surface area (Å²) in [6, 6.07) is 3.85. The van der Waals surface area contributed by atoms with Crippen LogP contribution in [0.5, 0.6) is 11.5 Å². The minimum absolute atomic E-state index is 0.0416. The largest absolute Gasteiger partial charge is 0.504 e. The zero-order valence-corrected chi connectivity index (χ0v) is 19.7. The molecule has 0 amide bonds. The van der Waals surface area contributed by atoms with Gasteiger partial charge in [0, 0.05) is 12.3 Å². The summed E-state index contributed by atoms with van der Waals surface area (Å²) in [5, 5.41) is 72.3. The molecule has 0 aromatic heterocycles. The van der Waals surface area contributed by atoms with Crippen LogP contribution in [0.2, 0.25) is 0 Å². The number of benzene rings is 1. The smallest absolute Gasteiger partial charge is 0.338 e. The summed E-state index contributed by atoms with van der Waals surface area (Å²) in [5.41, 5.74) is -1.94. The summed E-state index contributed by atoms with van der Waals surface area (Å²) >= 11 is 0. The van der Waals surface area contributed by atoms with Gasteiger partial charge in [-0.3, -0.25) is 0 Å². The Morgan fingerprint density at radius 3 is 2.57 bits per heavy atom. The normalized spacial score (nSPS) is 44.9. The van der Waals surface area contributed by atoms with Gasteiger partial charge in [0.25, 0.3) is 0 Å². The zero-order chi connectivity index (χ0) is 26.6. The Labute approximate surface area is 210 Å². The number of hydrogen-bond acceptors (Lipinski definition) is 14. The molecule has 37 heavy (non-hydrogen) atoms. The van der Waals surface area contributed by atoms with Crippen LogP contribution in [-0.2, 0) is 23.7 Å². The van der Waals surface area contributed by atoms with Crippen LogP contribution in [-0.4, -0.2) is 123 Å². The van der Waals surface area contributed by atoms with Crippen LogP contribution in [0.3, 0.4) is 0 Å². The number of methoxy groups -OCH3 is 1. The molecule has 6 rings (SSSR count). The first-order valence-electron chi connectivity index (χ1n) is 11.8. The number of carbonyl (C=O) groups is 1. The second-order valence-electron chi connectivity index (χ2n) is 9.70. The van der Waals surface area contributed by atoms with Crippen molar-refractivity contribution in [3.8, 4) is 11.5 Å². The summed E-state index contributed by atoms with van der Waals surface area (Å²) in [4.78, 5) is 12.9. The molecule has 1 saturated carbocycles. The fourth-order valence-corrected chi connectivity index (χ4v) is 5.61. The van der Waals surface area contributed by atoms with E-state index in [4.69, 9.17) is 28.4 Å². The SMILES string of the molecule is COc1cc(C(=O)O[C@H]2[C@@H]3C[C@@H]4OC[C@@](O)([C@H]3[C@H](O[C@@H]3O[C@H](CO)[C@@H](O)[C@H](O)[C@H]3O)O4)[C@@H]2O)ccc1O. The van der Waals surface area contributed by atoms with Crippen molar-refractivity contribution in [3.05, 3.63) is 23.8 Å². The third-order valence-electron chi connectivity index (χ3n) is 7.60. The number of aromatic hydroxyl groups is 1. The first-order valence-corrected chi connectivity index (χ1v) is 11.8. The van der Waals surface area contributed by atoms with Crippen LogP contribution in [0.4, 0.5) is 0 Å². The number of carbonyl (C=O) groups excluding carboxylic acids is 1. The summed E-state index contributed by atoms with van der Waals surface area (Å²) in [7, 11) is 1.32. The second kappa shape index (κ2) is 9.89. The zero-order valence-electron chi connectivity index (χ0n) is 19.7. The van der Waals surface area contributed by atoms with Gasteiger partial charge in [-0.25, -0.2) is 4.79 Å². The van der Waals surface area contributed by atoms with Crippen LogP contribution in [0.1, 0.15) is 16.8 Å². The third kappa shape index (κ3) is 4.36. The van der Waals surface area contributed by atoms with E-state index in [9.17, 15) is 40.5 Å². The summed E-state index contributed by atoms with van der Waals surface area (Å²) in [5.74, 6) is -2.69. The Balaban J connectivity index is 1.38. The summed E-state index contributed by atoms with van der Waals surface area (Å²) in [6.45, 7) is -1.04. The highest BCUT2D eigenvalue weighted by Gasteiger charge is 2.69. The molecule has 12 atom stereocenters. The van der Waals surface area contributed by atoms with Crippen molar-refractivity contribution in [1.29, 1.82) is 0 Å². The van der Waals surface area contributed by atoms with Crippen LogP contribution in [0, 0.1) is 11.8 Å². The van der Waals surface area contributed by atoms with E-state index in [0.29, 0.717) is 0 Å². The van der Waals surface area contributed by atoms with Crippen molar-refractivity contribution in [2.45, 2.75) is 67.5 Å². The number of fused-ring (bicyclic) bond motifs is 2. The van der Waals surface area contributed by atoms with Crippen molar-refractivity contribution < 1.29 is 69.0 Å². The molecular weight excluding hydrogens is 500 g/mol. The van der Waals surface area contributed by atoms with Gasteiger partial charge in [-0.05, 0) is 18.2 Å². The van der Waals surface area contributed by atoms with Gasteiger partial charge in [0.2, 0.25) is 0 Å². The fourth-order valence-electron chi connectivity index (χ4n) is 5.61. The van der Waals surface area contributed by atoms with E-state index in [-0.39, 0.29) is 30.1 Å². The molecule has 206 valence electrons. The van der Waals surface area contributed by atoms with Crippen molar-refractivity contribution in [1.82, 2.24) is 0 Å². The molecule has 5 fully saturated rings. The predicted octanol–water partition coefficient (Wildman–Crippen LogP) is -2.82. The van der Waals surface area contributed by atoms with Crippen LogP contribution in [0.15, 0.2) is 18.2 Å². The minimum atomic E-state index is -1.98. The van der Waals surface area contributed by atoms with Crippen LogP contribution in [0.25, 0.3) is 0 Å². The molecule has 4 bridgehead atoms. The monoisotopic (exact) mass is 530 g/mol. The number of hydrogen-bond donors (Lipinski definition) is 7. The second-order valence-corrected chi connectivity index (χ2v) is 9.70. The van der Waals surface area contributed by atoms with Gasteiger partial charge in [-0.15, -0.1) is 0 Å². The molecule has 0 radical (unpaired) electrons. The number of phenols is 1. The van der Waals surface area contributed by atoms with E-state index < -0.39 is 85.5 Å². The van der Waals surface area contributed by atoms with Gasteiger partial charge >= 0.3 is 5.97 Å². The first kappa shape index (κ1) is 26.5. The van der Waals surface area contributed by atoms with Crippen molar-refractivity contribution in [2.75, 3.05) is 20.3 Å². The number of esters is 1. The predicted molar refractivity (Wildman–Crippen MR) is 116 cm³/mol. The van der Waals surface area contributed by atoms with E-state index >= 15 is 0 Å². The molecule has 1 aromatic rings. The molecule has 0 unspecified atom stereocenters. The van der Waals surface area contributed by atoms with Gasteiger partial charge in [-0.2, -0.15) is 0 Å². The lowest BCUT2D eigenvalue weighted by Gasteiger charge is -2.44. The minimum Gasteiger partial charge on any atom is -0.504 e. The Morgan fingerprint density at radius 2 is 1.86 bits per heavy atom. The lowest BCUT2D eigenvalue weighted by Crippen LogP contribution is -2.61. The maximum absolute atomic E-state index is 12.9. The van der Waals surface area contributed by atoms with Crippen LogP contribution >= 0.6 is 0 Å². The maximum Gasteiger partial charge on any atom is 0.338 e. The van der Waals surface area contributed by atoms with E-state index in [1.54, 1.807) is 0 Å². The maximum atomic E-state index is 12.9. The third-order valence-corrected chi connectivity index (χ3v) is 7.60. The molecule has 14 heteroatoms. The molecule has 4 saturated heterocycles. The highest BCUT2D eigenvalue weighted by molar-refractivity contribution is 5.90. The Hall–Kier alpha value is -2.11. The number of rotatable bonds is 6. The van der Waals surface area contributed by atoms with Gasteiger partial charge in [0.15, 0.2) is 30.4 Å². The van der Waals surface area contributed by atoms with Gasteiger partial charge in [0.1, 0.15) is 42.2 Å². The molecule has 7 N–H and O–H groups in total. The molecule has 1 aliphatic carbocycles. The highest BCUT2D eigenvalue weighted by atomic mass is 16.8. The lowest BCUT2D eigenvalue weighted by atomic mass is 9.82. The van der Waals surface area contributed by atoms with E-state index in [1.807, 2.05) is 0 Å². The van der Waals surface area contributed by atoms with E-state index in [0.717, 1.165) is 0 Å². The Morgan fingerprint density at radius 1 is 1.11 bits per heavy atom. The standard InChI is InChI=1S/C23H30O14/c1-32-11-4-8(2-3-10(11)25)20(30)36-18-9-5-13-33-7-23(31,19(18)29)14(9)21(35-13)37-22-17(28)16(27)15(26)12(6-24)34-22/h2-4,9,12-19,21-22,24-29,31H,5-7H2,1H3/t9-,12-,13-,14-,15-,16+,17-,18+,19-,21+,22+,23-/m1/s1. The topological polar surface area (TPSA) is 214 Å². The molecule has 1 aromatic carbocycles. The number of ether oxygens (including phenoxy) is 6. The van der Waals surface area contributed by atoms with Crippen LogP contribution < -0.4 is 4.74 Å². The molecule has 4 aliphatic heterocycles. The highest BCUT2D eigenvalue weighted by Crippen LogP contribution is 2.53. The molecule has 4 heterocycles. The first-order chi connectivity index (χ1) is 17.6. The van der Waals surface area contributed by atoms with Crippen molar-refractivity contribution in [2.24, 2.45) is 11.8 Å². The van der Waals surface area contributed by atoms with Crippen molar-refractivity contribution >= 4 is 5.97 Å². The molecule has 14 nitrogen and oxygen atoms in total. The van der Waals surface area contributed by atoms with E-state index in [1.165, 1.54) is 25.3 Å².